The van der Waals surface area contributed by atoms with E-state index in [-0.39, 0.29) is 5.60 Å². The third-order valence-corrected chi connectivity index (χ3v) is 5.52. The van der Waals surface area contributed by atoms with Gasteiger partial charge in [-0.05, 0) is 44.9 Å². The Hall–Kier alpha value is -0.0800. The minimum atomic E-state index is -0.355. The fraction of sp³-hybridized carbons (Fsp3) is 1.00. The van der Waals surface area contributed by atoms with Crippen molar-refractivity contribution < 1.29 is 5.11 Å². The zero-order valence-electron chi connectivity index (χ0n) is 12.5. The molecule has 1 aliphatic carbocycles. The lowest BCUT2D eigenvalue weighted by molar-refractivity contribution is -0.0996. The third-order valence-electron chi connectivity index (χ3n) is 5.52. The lowest BCUT2D eigenvalue weighted by Gasteiger charge is -2.48. The summed E-state index contributed by atoms with van der Waals surface area (Å²) in [6.45, 7) is 9.00. The maximum absolute atomic E-state index is 11.1. The van der Waals surface area contributed by atoms with Crippen molar-refractivity contribution in [2.24, 2.45) is 11.8 Å². The summed E-state index contributed by atoms with van der Waals surface area (Å²) in [6.07, 6.45) is 8.55. The van der Waals surface area contributed by atoms with E-state index in [9.17, 15) is 5.11 Å². The Bertz CT molecular complexity index is 256. The molecule has 2 fully saturated rings. The van der Waals surface area contributed by atoms with Crippen molar-refractivity contribution in [3.63, 3.8) is 0 Å². The second-order valence-corrected chi connectivity index (χ2v) is 6.79. The number of likely N-dealkylation sites (tertiary alicyclic amines) is 1. The van der Waals surface area contributed by atoms with Gasteiger partial charge in [-0.15, -0.1) is 0 Å². The Morgan fingerprint density at radius 3 is 2.33 bits per heavy atom. The molecule has 0 aromatic rings. The number of hydrogen-bond acceptors (Lipinski definition) is 2. The highest BCUT2D eigenvalue weighted by atomic mass is 16.3. The summed E-state index contributed by atoms with van der Waals surface area (Å²) in [5.74, 6) is 1.35. The van der Waals surface area contributed by atoms with Gasteiger partial charge in [0.25, 0.3) is 0 Å². The molecule has 2 atom stereocenters. The van der Waals surface area contributed by atoms with E-state index in [0.717, 1.165) is 31.8 Å². The number of rotatable bonds is 3. The average molecular weight is 253 g/mol. The number of aliphatic hydroxyl groups is 1. The Labute approximate surface area is 113 Å². The van der Waals surface area contributed by atoms with Crippen LogP contribution in [0.1, 0.15) is 65.7 Å². The van der Waals surface area contributed by atoms with E-state index in [1.807, 2.05) is 0 Å². The molecule has 1 saturated heterocycles. The van der Waals surface area contributed by atoms with E-state index in [1.54, 1.807) is 0 Å². The predicted octanol–water partition coefficient (Wildman–Crippen LogP) is 3.44. The van der Waals surface area contributed by atoms with Crippen molar-refractivity contribution in [2.45, 2.75) is 77.4 Å². The van der Waals surface area contributed by atoms with Crippen LogP contribution in [0, 0.1) is 11.8 Å². The topological polar surface area (TPSA) is 23.5 Å². The molecule has 1 N–H and O–H groups in total. The molecule has 0 aromatic carbocycles. The van der Waals surface area contributed by atoms with Crippen molar-refractivity contribution in [2.75, 3.05) is 13.1 Å². The highest BCUT2D eigenvalue weighted by molar-refractivity contribution is 4.95. The van der Waals surface area contributed by atoms with Gasteiger partial charge in [-0.25, -0.2) is 0 Å². The van der Waals surface area contributed by atoms with E-state index >= 15 is 0 Å². The van der Waals surface area contributed by atoms with Crippen molar-refractivity contribution in [3.05, 3.63) is 0 Å². The lowest BCUT2D eigenvalue weighted by Crippen LogP contribution is -2.52. The van der Waals surface area contributed by atoms with Gasteiger partial charge in [0.2, 0.25) is 0 Å². The summed E-state index contributed by atoms with van der Waals surface area (Å²) in [6, 6.07) is 0.628. The Morgan fingerprint density at radius 2 is 1.78 bits per heavy atom. The van der Waals surface area contributed by atoms with Gasteiger partial charge in [0.15, 0.2) is 0 Å². The predicted molar refractivity (Wildman–Crippen MR) is 76.6 cm³/mol. The first-order chi connectivity index (χ1) is 8.57. The van der Waals surface area contributed by atoms with Gasteiger partial charge in [-0.3, -0.25) is 0 Å². The number of nitrogens with zero attached hydrogens (tertiary/aromatic N) is 1. The lowest BCUT2D eigenvalue weighted by atomic mass is 9.66. The largest absolute Gasteiger partial charge is 0.389 e. The maximum atomic E-state index is 11.1. The molecule has 0 radical (unpaired) electrons. The first-order valence-electron chi connectivity index (χ1n) is 8.03. The smallest absolute Gasteiger partial charge is 0.0702 e. The van der Waals surface area contributed by atoms with Crippen LogP contribution in [0.2, 0.25) is 0 Å². The summed E-state index contributed by atoms with van der Waals surface area (Å²) >= 11 is 0. The van der Waals surface area contributed by atoms with Crippen LogP contribution >= 0.6 is 0 Å². The standard InChI is InChI=1S/C16H31NO/c1-4-14-7-5-6-8-15(14)16(18)9-11-17(12-10-16)13(2)3/h13-15,18H,4-12H2,1-3H3. The molecule has 1 heterocycles. The van der Waals surface area contributed by atoms with Gasteiger partial charge in [-0.2, -0.15) is 0 Å². The molecule has 1 saturated carbocycles. The second-order valence-electron chi connectivity index (χ2n) is 6.79. The van der Waals surface area contributed by atoms with E-state index in [0.29, 0.717) is 12.0 Å². The molecule has 1 aliphatic heterocycles. The van der Waals surface area contributed by atoms with Crippen LogP contribution in [0.15, 0.2) is 0 Å². The molecule has 2 aliphatic rings. The first-order valence-corrected chi connectivity index (χ1v) is 8.03. The van der Waals surface area contributed by atoms with Crippen LogP contribution in [-0.4, -0.2) is 34.7 Å². The van der Waals surface area contributed by atoms with Gasteiger partial charge >= 0.3 is 0 Å². The quantitative estimate of drug-likeness (QED) is 0.833. The van der Waals surface area contributed by atoms with Gasteiger partial charge in [-0.1, -0.05) is 32.6 Å². The summed E-state index contributed by atoms with van der Waals surface area (Å²) in [5.41, 5.74) is -0.355. The zero-order chi connectivity index (χ0) is 13.2. The van der Waals surface area contributed by atoms with Gasteiger partial charge in [0, 0.05) is 19.1 Å². The molecule has 0 aromatic heterocycles. The van der Waals surface area contributed by atoms with E-state index in [4.69, 9.17) is 0 Å². The normalized spacial score (nSPS) is 33.8. The summed E-state index contributed by atoms with van der Waals surface area (Å²) in [7, 11) is 0. The van der Waals surface area contributed by atoms with Gasteiger partial charge in [0.05, 0.1) is 5.60 Å². The molecule has 0 bridgehead atoms. The van der Waals surface area contributed by atoms with E-state index in [1.165, 1.54) is 32.1 Å². The van der Waals surface area contributed by atoms with E-state index in [2.05, 4.69) is 25.7 Å². The van der Waals surface area contributed by atoms with Gasteiger partial charge < -0.3 is 10.0 Å². The second kappa shape index (κ2) is 5.92. The van der Waals surface area contributed by atoms with Crippen molar-refractivity contribution in [1.82, 2.24) is 4.90 Å². The highest BCUT2D eigenvalue weighted by Gasteiger charge is 2.43. The van der Waals surface area contributed by atoms with Crippen LogP contribution in [-0.2, 0) is 0 Å². The fourth-order valence-electron chi connectivity index (χ4n) is 4.20. The molecule has 0 amide bonds. The van der Waals surface area contributed by atoms with Crippen molar-refractivity contribution in [3.8, 4) is 0 Å². The molecular formula is C16H31NO. The highest BCUT2D eigenvalue weighted by Crippen LogP contribution is 2.43. The monoisotopic (exact) mass is 253 g/mol. The fourth-order valence-corrected chi connectivity index (χ4v) is 4.20. The zero-order valence-corrected chi connectivity index (χ0v) is 12.5. The first kappa shape index (κ1) is 14.3. The summed E-state index contributed by atoms with van der Waals surface area (Å²) in [4.78, 5) is 2.51. The molecule has 106 valence electrons. The minimum Gasteiger partial charge on any atom is -0.389 e. The Kier molecular flexibility index (Phi) is 4.71. The van der Waals surface area contributed by atoms with Crippen LogP contribution in [0.4, 0.5) is 0 Å². The van der Waals surface area contributed by atoms with Gasteiger partial charge in [0.1, 0.15) is 0 Å². The third kappa shape index (κ3) is 2.91. The number of hydrogen-bond donors (Lipinski definition) is 1. The molecule has 2 heteroatoms. The van der Waals surface area contributed by atoms with Crippen molar-refractivity contribution in [1.29, 1.82) is 0 Å². The minimum absolute atomic E-state index is 0.355. The molecular weight excluding hydrogens is 222 g/mol. The number of piperidine rings is 1. The van der Waals surface area contributed by atoms with Crippen LogP contribution in [0.3, 0.4) is 0 Å². The molecule has 2 unspecified atom stereocenters. The molecule has 0 spiro atoms. The molecule has 18 heavy (non-hydrogen) atoms. The van der Waals surface area contributed by atoms with Crippen molar-refractivity contribution >= 4 is 0 Å². The Balaban J connectivity index is 1.98. The summed E-state index contributed by atoms with van der Waals surface area (Å²) < 4.78 is 0. The van der Waals surface area contributed by atoms with E-state index < -0.39 is 0 Å². The molecule has 2 rings (SSSR count). The Morgan fingerprint density at radius 1 is 1.17 bits per heavy atom. The summed E-state index contributed by atoms with van der Waals surface area (Å²) in [5, 5.41) is 11.1. The van der Waals surface area contributed by atoms with Crippen LogP contribution in [0.5, 0.6) is 0 Å². The molecule has 2 nitrogen and oxygen atoms in total. The van der Waals surface area contributed by atoms with Crippen LogP contribution < -0.4 is 0 Å². The van der Waals surface area contributed by atoms with Crippen LogP contribution in [0.25, 0.3) is 0 Å². The maximum Gasteiger partial charge on any atom is 0.0702 e. The SMILES string of the molecule is CCC1CCCCC1C1(O)CCN(C(C)C)CC1. The average Bonchev–Trinajstić information content (AvgIpc) is 2.39.